The quantitative estimate of drug-likeness (QED) is 0.929. The Labute approximate surface area is 109 Å². The third kappa shape index (κ3) is 2.37. The van der Waals surface area contributed by atoms with E-state index in [9.17, 15) is 4.39 Å². The van der Waals surface area contributed by atoms with E-state index in [0.717, 1.165) is 15.6 Å². The number of rotatable bonds is 3. The van der Waals surface area contributed by atoms with Crippen molar-refractivity contribution in [3.05, 3.63) is 45.2 Å². The minimum atomic E-state index is -0.415. The van der Waals surface area contributed by atoms with Gasteiger partial charge in [-0.15, -0.1) is 11.3 Å². The van der Waals surface area contributed by atoms with E-state index in [1.165, 1.54) is 23.5 Å². The highest BCUT2D eigenvalue weighted by atomic mass is 32.1. The third-order valence-electron chi connectivity index (χ3n) is 2.75. The highest BCUT2D eigenvalue weighted by molar-refractivity contribution is 7.11. The molecule has 1 heterocycles. The summed E-state index contributed by atoms with van der Waals surface area (Å²) in [5.74, 6) is 0.273. The summed E-state index contributed by atoms with van der Waals surface area (Å²) in [6, 6.07) is 3.95. The third-order valence-corrected chi connectivity index (χ3v) is 3.90. The van der Waals surface area contributed by atoms with E-state index in [0.29, 0.717) is 11.3 Å². The summed E-state index contributed by atoms with van der Waals surface area (Å²) >= 11 is 1.53. The first kappa shape index (κ1) is 13.0. The fourth-order valence-electron chi connectivity index (χ4n) is 1.93. The molecule has 1 aromatic carbocycles. The van der Waals surface area contributed by atoms with Crippen LogP contribution in [0.15, 0.2) is 18.2 Å². The molecule has 1 atom stereocenters. The molecular weight excluding hydrogens is 251 g/mol. The van der Waals surface area contributed by atoms with E-state index >= 15 is 0 Å². The molecule has 0 spiro atoms. The van der Waals surface area contributed by atoms with Crippen molar-refractivity contribution in [2.75, 3.05) is 7.11 Å². The first-order valence-corrected chi connectivity index (χ1v) is 6.37. The van der Waals surface area contributed by atoms with Gasteiger partial charge in [-0.05, 0) is 32.0 Å². The van der Waals surface area contributed by atoms with Crippen molar-refractivity contribution in [2.45, 2.75) is 19.9 Å². The van der Waals surface area contributed by atoms with Crippen molar-refractivity contribution < 1.29 is 9.13 Å². The van der Waals surface area contributed by atoms with E-state index in [4.69, 9.17) is 10.5 Å². The number of hydrogen-bond acceptors (Lipinski definition) is 4. The molecule has 0 saturated carbocycles. The topological polar surface area (TPSA) is 48.1 Å². The van der Waals surface area contributed by atoms with Gasteiger partial charge in [0.25, 0.3) is 0 Å². The van der Waals surface area contributed by atoms with Crippen LogP contribution in [-0.4, -0.2) is 12.1 Å². The van der Waals surface area contributed by atoms with E-state index in [2.05, 4.69) is 4.98 Å². The van der Waals surface area contributed by atoms with Crippen LogP contribution in [0.1, 0.15) is 27.2 Å². The Bertz CT molecular complexity index is 568. The molecule has 0 saturated heterocycles. The van der Waals surface area contributed by atoms with Gasteiger partial charge in [0.1, 0.15) is 11.6 Å². The SMILES string of the molecule is COc1ccc(F)cc1C(N)c1sc(C)nc1C. The van der Waals surface area contributed by atoms with E-state index in [1.54, 1.807) is 13.2 Å². The smallest absolute Gasteiger partial charge is 0.124 e. The van der Waals surface area contributed by atoms with Gasteiger partial charge < -0.3 is 10.5 Å². The summed E-state index contributed by atoms with van der Waals surface area (Å²) in [6.45, 7) is 3.83. The maximum absolute atomic E-state index is 13.3. The Kier molecular flexibility index (Phi) is 3.63. The monoisotopic (exact) mass is 266 g/mol. The summed E-state index contributed by atoms with van der Waals surface area (Å²) in [5.41, 5.74) is 7.73. The second-order valence-corrected chi connectivity index (χ2v) is 5.28. The molecule has 2 rings (SSSR count). The van der Waals surface area contributed by atoms with E-state index in [1.807, 2.05) is 13.8 Å². The highest BCUT2D eigenvalue weighted by Crippen LogP contribution is 2.33. The largest absolute Gasteiger partial charge is 0.496 e. The van der Waals surface area contributed by atoms with Crippen LogP contribution in [0.2, 0.25) is 0 Å². The first-order valence-electron chi connectivity index (χ1n) is 5.56. The van der Waals surface area contributed by atoms with Gasteiger partial charge in [-0.25, -0.2) is 9.37 Å². The van der Waals surface area contributed by atoms with Gasteiger partial charge in [0.15, 0.2) is 0 Å². The molecular formula is C13H15FN2OS. The molecule has 2 aromatic rings. The van der Waals surface area contributed by atoms with Crippen LogP contribution < -0.4 is 10.5 Å². The maximum Gasteiger partial charge on any atom is 0.124 e. The number of ether oxygens (including phenoxy) is 1. The van der Waals surface area contributed by atoms with Crippen LogP contribution in [0, 0.1) is 19.7 Å². The fourth-order valence-corrected chi connectivity index (χ4v) is 2.87. The lowest BCUT2D eigenvalue weighted by Crippen LogP contribution is -2.13. The van der Waals surface area contributed by atoms with Gasteiger partial charge in [0.05, 0.1) is 23.9 Å². The number of nitrogens with zero attached hydrogens (tertiary/aromatic N) is 1. The van der Waals surface area contributed by atoms with Crippen LogP contribution in [0.4, 0.5) is 4.39 Å². The zero-order chi connectivity index (χ0) is 13.3. The average molecular weight is 266 g/mol. The van der Waals surface area contributed by atoms with Gasteiger partial charge >= 0.3 is 0 Å². The number of halogens is 1. The Morgan fingerprint density at radius 1 is 1.39 bits per heavy atom. The number of hydrogen-bond donors (Lipinski definition) is 1. The molecule has 0 aliphatic rings. The summed E-state index contributed by atoms with van der Waals surface area (Å²) in [5, 5.41) is 0.952. The van der Waals surface area contributed by atoms with Crippen LogP contribution in [0.25, 0.3) is 0 Å². The molecule has 1 aromatic heterocycles. The molecule has 0 radical (unpaired) electrons. The zero-order valence-corrected chi connectivity index (χ0v) is 11.3. The Morgan fingerprint density at radius 2 is 2.11 bits per heavy atom. The first-order chi connectivity index (χ1) is 8.52. The predicted octanol–water partition coefficient (Wildman–Crippen LogP) is 2.96. The van der Waals surface area contributed by atoms with Gasteiger partial charge in [0.2, 0.25) is 0 Å². The van der Waals surface area contributed by atoms with Crippen molar-refractivity contribution in [1.82, 2.24) is 4.98 Å². The number of thiazole rings is 1. The van der Waals surface area contributed by atoms with Gasteiger partial charge in [0, 0.05) is 10.4 Å². The minimum Gasteiger partial charge on any atom is -0.496 e. The molecule has 18 heavy (non-hydrogen) atoms. The lowest BCUT2D eigenvalue weighted by molar-refractivity contribution is 0.406. The number of benzene rings is 1. The van der Waals surface area contributed by atoms with Crippen LogP contribution >= 0.6 is 11.3 Å². The summed E-state index contributed by atoms with van der Waals surface area (Å²) in [6.07, 6.45) is 0. The second-order valence-electron chi connectivity index (χ2n) is 4.05. The number of aryl methyl sites for hydroxylation is 2. The van der Waals surface area contributed by atoms with Gasteiger partial charge in [-0.1, -0.05) is 0 Å². The molecule has 2 N–H and O–H groups in total. The molecule has 3 nitrogen and oxygen atoms in total. The molecule has 0 fully saturated rings. The van der Waals surface area contributed by atoms with Gasteiger partial charge in [-0.3, -0.25) is 0 Å². The Balaban J connectivity index is 2.48. The summed E-state index contributed by atoms with van der Waals surface area (Å²) in [4.78, 5) is 5.28. The van der Waals surface area contributed by atoms with Crippen LogP contribution in [-0.2, 0) is 0 Å². The van der Waals surface area contributed by atoms with Crippen molar-refractivity contribution in [3.8, 4) is 5.75 Å². The molecule has 0 bridgehead atoms. The number of methoxy groups -OCH3 is 1. The average Bonchev–Trinajstić information content (AvgIpc) is 2.67. The van der Waals surface area contributed by atoms with Gasteiger partial charge in [-0.2, -0.15) is 0 Å². The highest BCUT2D eigenvalue weighted by Gasteiger charge is 2.19. The standard InChI is InChI=1S/C13H15FN2OS/c1-7-13(18-8(2)16-7)12(15)10-6-9(14)4-5-11(10)17-3/h4-6,12H,15H2,1-3H3. The number of aromatic nitrogens is 1. The summed E-state index contributed by atoms with van der Waals surface area (Å²) < 4.78 is 18.6. The molecule has 5 heteroatoms. The molecule has 0 amide bonds. The van der Waals surface area contributed by atoms with Crippen LogP contribution in [0.5, 0.6) is 5.75 Å². The normalized spacial score (nSPS) is 12.5. The fraction of sp³-hybridized carbons (Fsp3) is 0.308. The predicted molar refractivity (Wildman–Crippen MR) is 70.6 cm³/mol. The lowest BCUT2D eigenvalue weighted by atomic mass is 10.0. The Morgan fingerprint density at radius 3 is 2.67 bits per heavy atom. The van der Waals surface area contributed by atoms with E-state index < -0.39 is 6.04 Å². The van der Waals surface area contributed by atoms with Crippen LogP contribution in [0.3, 0.4) is 0 Å². The summed E-state index contributed by atoms with van der Waals surface area (Å²) in [7, 11) is 1.55. The van der Waals surface area contributed by atoms with Crippen molar-refractivity contribution >= 4 is 11.3 Å². The molecule has 1 unspecified atom stereocenters. The lowest BCUT2D eigenvalue weighted by Gasteiger charge is -2.15. The minimum absolute atomic E-state index is 0.319. The maximum atomic E-state index is 13.3. The molecule has 0 aliphatic carbocycles. The van der Waals surface area contributed by atoms with Crippen molar-refractivity contribution in [1.29, 1.82) is 0 Å². The zero-order valence-electron chi connectivity index (χ0n) is 10.5. The molecule has 0 aliphatic heterocycles. The Hall–Kier alpha value is -1.46. The van der Waals surface area contributed by atoms with Crippen molar-refractivity contribution in [2.24, 2.45) is 5.73 Å². The van der Waals surface area contributed by atoms with Crippen molar-refractivity contribution in [3.63, 3.8) is 0 Å². The number of nitrogens with two attached hydrogens (primary N) is 1. The second kappa shape index (κ2) is 5.04. The molecule has 96 valence electrons. The van der Waals surface area contributed by atoms with E-state index in [-0.39, 0.29) is 5.82 Å².